The topological polar surface area (TPSA) is 21.3 Å². The van der Waals surface area contributed by atoms with E-state index in [1.54, 1.807) is 12.7 Å². The van der Waals surface area contributed by atoms with Crippen molar-refractivity contribution in [3.63, 3.8) is 0 Å². The number of hydrogen-bond acceptors (Lipinski definition) is 2. The normalized spacial score (nSPS) is 36.9. The van der Waals surface area contributed by atoms with Crippen LogP contribution in [0.5, 0.6) is 5.75 Å². The smallest absolute Gasteiger partial charge is 0.119 e. The summed E-state index contributed by atoms with van der Waals surface area (Å²) in [4.78, 5) is 0. The van der Waals surface area contributed by atoms with Crippen LogP contribution in [0, 0.1) is 17.8 Å². The molecule has 4 fully saturated rings. The maximum atomic E-state index is 5.36. The molecule has 0 heterocycles. The van der Waals surface area contributed by atoms with Crippen LogP contribution in [0.4, 0.5) is 0 Å². The van der Waals surface area contributed by atoms with Gasteiger partial charge in [-0.2, -0.15) is 0 Å². The summed E-state index contributed by atoms with van der Waals surface area (Å²) in [6.45, 7) is 1.07. The van der Waals surface area contributed by atoms with Crippen molar-refractivity contribution in [3.8, 4) is 5.75 Å². The Bertz CT molecular complexity index is 625. The third-order valence-electron chi connectivity index (χ3n) is 6.86. The van der Waals surface area contributed by atoms with E-state index in [1.165, 1.54) is 49.7 Å². The minimum absolute atomic E-state index is 0.474. The van der Waals surface area contributed by atoms with Crippen LogP contribution in [-0.4, -0.2) is 19.2 Å². The summed E-state index contributed by atoms with van der Waals surface area (Å²) in [5.74, 6) is 4.04. The lowest BCUT2D eigenvalue weighted by atomic mass is 9.53. The monoisotopic (exact) mass is 309 g/mol. The molecule has 4 bridgehead atoms. The molecular weight excluding hydrogens is 282 g/mol. The first-order valence-electron chi connectivity index (χ1n) is 9.33. The fraction of sp³-hybridized carbons (Fsp3) is 0.619. The molecule has 0 spiro atoms. The maximum absolute atomic E-state index is 5.36. The largest absolute Gasteiger partial charge is 0.497 e. The van der Waals surface area contributed by atoms with Crippen LogP contribution < -0.4 is 10.1 Å². The zero-order chi connectivity index (χ0) is 15.4. The van der Waals surface area contributed by atoms with Crippen LogP contribution in [0.3, 0.4) is 0 Å². The quantitative estimate of drug-likeness (QED) is 0.900. The molecule has 1 N–H and O–H groups in total. The van der Waals surface area contributed by atoms with Gasteiger partial charge in [0.05, 0.1) is 7.11 Å². The molecule has 5 aliphatic carbocycles. The molecular formula is C21H27NO. The SMILES string of the molecule is COc1ccc2c(c1)CC(CNC13CC4CC(CC(C4)C1)C3)=C2. The molecule has 4 saturated carbocycles. The Morgan fingerprint density at radius 2 is 1.78 bits per heavy atom. The summed E-state index contributed by atoms with van der Waals surface area (Å²) < 4.78 is 5.36. The van der Waals surface area contributed by atoms with Gasteiger partial charge in [0.15, 0.2) is 0 Å². The predicted molar refractivity (Wildman–Crippen MR) is 93.6 cm³/mol. The van der Waals surface area contributed by atoms with Gasteiger partial charge in [-0.1, -0.05) is 17.7 Å². The third-order valence-corrected chi connectivity index (χ3v) is 6.86. The summed E-state index contributed by atoms with van der Waals surface area (Å²) in [5.41, 5.74) is 4.82. The van der Waals surface area contributed by atoms with E-state index in [-0.39, 0.29) is 0 Å². The van der Waals surface area contributed by atoms with Gasteiger partial charge in [0.25, 0.3) is 0 Å². The van der Waals surface area contributed by atoms with E-state index >= 15 is 0 Å². The van der Waals surface area contributed by atoms with Crippen molar-refractivity contribution >= 4 is 6.08 Å². The first-order valence-corrected chi connectivity index (χ1v) is 9.33. The Morgan fingerprint density at radius 3 is 2.43 bits per heavy atom. The van der Waals surface area contributed by atoms with Crippen molar-refractivity contribution in [2.45, 2.75) is 50.5 Å². The molecule has 6 rings (SSSR count). The highest BCUT2D eigenvalue weighted by Gasteiger charge is 2.50. The first-order chi connectivity index (χ1) is 11.2. The molecule has 122 valence electrons. The van der Waals surface area contributed by atoms with E-state index in [0.29, 0.717) is 5.54 Å². The maximum Gasteiger partial charge on any atom is 0.119 e. The molecule has 1 aromatic carbocycles. The average Bonchev–Trinajstić information content (AvgIpc) is 2.93. The van der Waals surface area contributed by atoms with E-state index in [1.807, 2.05) is 0 Å². The van der Waals surface area contributed by atoms with E-state index in [4.69, 9.17) is 4.74 Å². The predicted octanol–water partition coefficient (Wildman–Crippen LogP) is 4.19. The van der Waals surface area contributed by atoms with E-state index < -0.39 is 0 Å². The Morgan fingerprint density at radius 1 is 1.09 bits per heavy atom. The minimum Gasteiger partial charge on any atom is -0.497 e. The zero-order valence-corrected chi connectivity index (χ0v) is 14.1. The van der Waals surface area contributed by atoms with Crippen LogP contribution in [0.2, 0.25) is 0 Å². The lowest BCUT2D eigenvalue weighted by Gasteiger charge is -2.57. The van der Waals surface area contributed by atoms with Crippen molar-refractivity contribution in [1.29, 1.82) is 0 Å². The Balaban J connectivity index is 1.27. The average molecular weight is 309 g/mol. The lowest BCUT2D eigenvalue weighted by molar-refractivity contribution is -0.0182. The number of ether oxygens (including phenoxy) is 1. The second-order valence-electron chi connectivity index (χ2n) is 8.60. The van der Waals surface area contributed by atoms with Gasteiger partial charge in [-0.3, -0.25) is 0 Å². The van der Waals surface area contributed by atoms with Gasteiger partial charge in [0.2, 0.25) is 0 Å². The molecule has 0 saturated heterocycles. The molecule has 0 unspecified atom stereocenters. The minimum atomic E-state index is 0.474. The van der Waals surface area contributed by atoms with E-state index in [0.717, 1.165) is 36.5 Å². The van der Waals surface area contributed by atoms with Crippen LogP contribution >= 0.6 is 0 Å². The van der Waals surface area contributed by atoms with Crippen LogP contribution in [0.1, 0.15) is 49.7 Å². The summed E-state index contributed by atoms with van der Waals surface area (Å²) in [5, 5.41) is 4.03. The number of fused-ring (bicyclic) bond motifs is 1. The lowest BCUT2D eigenvalue weighted by Crippen LogP contribution is -2.58. The van der Waals surface area contributed by atoms with Gasteiger partial charge >= 0.3 is 0 Å². The molecule has 2 heteroatoms. The number of nitrogens with one attached hydrogen (secondary N) is 1. The van der Waals surface area contributed by atoms with Gasteiger partial charge in [-0.15, -0.1) is 0 Å². The summed E-state index contributed by atoms with van der Waals surface area (Å²) >= 11 is 0. The fourth-order valence-corrected chi connectivity index (χ4v) is 6.26. The Hall–Kier alpha value is -1.28. The van der Waals surface area contributed by atoms with E-state index in [9.17, 15) is 0 Å². The van der Waals surface area contributed by atoms with E-state index in [2.05, 4.69) is 29.6 Å². The van der Waals surface area contributed by atoms with Crippen LogP contribution in [-0.2, 0) is 6.42 Å². The van der Waals surface area contributed by atoms with Crippen molar-refractivity contribution in [2.24, 2.45) is 17.8 Å². The second-order valence-corrected chi connectivity index (χ2v) is 8.60. The standard InChI is InChI=1S/C21H27NO/c1-23-20-3-2-18-7-17(8-19(18)9-20)13-22-21-10-14-4-15(11-21)6-16(5-14)12-21/h2-3,7,9,14-16,22H,4-6,8,10-13H2,1H3. The molecule has 1 aromatic rings. The zero-order valence-electron chi connectivity index (χ0n) is 14.1. The summed E-state index contributed by atoms with van der Waals surface area (Å²) in [7, 11) is 1.75. The summed E-state index contributed by atoms with van der Waals surface area (Å²) in [6, 6.07) is 6.47. The van der Waals surface area contributed by atoms with Crippen LogP contribution in [0.15, 0.2) is 23.8 Å². The summed E-state index contributed by atoms with van der Waals surface area (Å²) in [6.07, 6.45) is 12.4. The van der Waals surface area contributed by atoms with Gasteiger partial charge in [-0.05, 0) is 86.0 Å². The van der Waals surface area contributed by atoms with Crippen molar-refractivity contribution < 1.29 is 4.74 Å². The fourth-order valence-electron chi connectivity index (χ4n) is 6.26. The van der Waals surface area contributed by atoms with Gasteiger partial charge in [-0.25, -0.2) is 0 Å². The Labute approximate surface area is 139 Å². The second kappa shape index (κ2) is 5.11. The van der Waals surface area contributed by atoms with Crippen molar-refractivity contribution in [1.82, 2.24) is 5.32 Å². The van der Waals surface area contributed by atoms with Crippen molar-refractivity contribution in [2.75, 3.05) is 13.7 Å². The van der Waals surface area contributed by atoms with Crippen molar-refractivity contribution in [3.05, 3.63) is 34.9 Å². The highest BCUT2D eigenvalue weighted by atomic mass is 16.5. The molecule has 0 atom stereocenters. The number of methoxy groups -OCH3 is 1. The number of benzene rings is 1. The molecule has 0 amide bonds. The third kappa shape index (κ3) is 2.42. The highest BCUT2D eigenvalue weighted by molar-refractivity contribution is 5.65. The number of hydrogen-bond donors (Lipinski definition) is 1. The molecule has 0 radical (unpaired) electrons. The molecule has 0 aromatic heterocycles. The molecule has 0 aliphatic heterocycles. The highest BCUT2D eigenvalue weighted by Crippen LogP contribution is 2.55. The molecule has 5 aliphatic rings. The van der Waals surface area contributed by atoms with Crippen LogP contribution in [0.25, 0.3) is 6.08 Å². The molecule has 23 heavy (non-hydrogen) atoms. The number of rotatable bonds is 4. The van der Waals surface area contributed by atoms with Gasteiger partial charge in [0, 0.05) is 12.1 Å². The van der Waals surface area contributed by atoms with Gasteiger partial charge < -0.3 is 10.1 Å². The Kier molecular flexibility index (Phi) is 3.13. The van der Waals surface area contributed by atoms with Gasteiger partial charge in [0.1, 0.15) is 5.75 Å². The first kappa shape index (κ1) is 14.1. The molecule has 2 nitrogen and oxygen atoms in total.